The average molecular weight is 1120 g/mol. The number of imidazole rings is 2. The van der Waals surface area contributed by atoms with E-state index >= 15 is 0 Å². The number of aliphatic carboxylic acids is 2. The lowest BCUT2D eigenvalue weighted by atomic mass is 10.0. The van der Waals surface area contributed by atoms with E-state index in [1.807, 2.05) is 0 Å². The molecule has 0 radical (unpaired) electrons. The maximum atomic E-state index is 14.3. The number of hydrogen-bond acceptors (Lipinski definition) is 17. The van der Waals surface area contributed by atoms with Crippen molar-refractivity contribution in [2.45, 2.75) is 145 Å². The van der Waals surface area contributed by atoms with E-state index in [-0.39, 0.29) is 62.4 Å². The van der Waals surface area contributed by atoms with Crippen molar-refractivity contribution < 1.29 is 72.5 Å². The van der Waals surface area contributed by atoms with E-state index in [1.54, 1.807) is 20.1 Å². The van der Waals surface area contributed by atoms with Crippen molar-refractivity contribution in [1.29, 1.82) is 0 Å². The minimum atomic E-state index is -1.74. The van der Waals surface area contributed by atoms with Crippen LogP contribution in [-0.2, 0) is 75.2 Å². The Morgan fingerprint density at radius 1 is 0.628 bits per heavy atom. The number of carbonyl (C=O) groups is 13. The van der Waals surface area contributed by atoms with Gasteiger partial charge in [0.25, 0.3) is 0 Å². The molecule has 1 saturated heterocycles. The van der Waals surface area contributed by atoms with Crippen LogP contribution in [0.2, 0.25) is 0 Å². The number of carboxylic acid groups (broad SMARTS) is 2. The van der Waals surface area contributed by atoms with Gasteiger partial charge in [-0.05, 0) is 56.5 Å². The normalized spacial score (nSPS) is 16.1. The Labute approximate surface area is 451 Å². The SMILES string of the molecule is CSCC[C@H](NC(=O)[C@H](Cc1cnc[nH]1)NC(=O)[C@H](CCC(=O)O)NC(=O)[C@@H]1CCCN1C(=O)[C@H](Cc1cnc[nH]1)NC(=O)[C@@H](N)CC(N)=O)C(=O)N[C@@H](CCC(N)=O)C(=O)N[C@@H](CC(N)=O)C(=O)N[C@@H](CC(C)C)C(=O)O. The molecule has 11 amide bonds. The number of H-pyrrole nitrogens is 2. The number of hydrogen-bond donors (Lipinski definition) is 15. The van der Waals surface area contributed by atoms with Gasteiger partial charge in [-0.2, -0.15) is 11.8 Å². The van der Waals surface area contributed by atoms with Crippen molar-refractivity contribution in [3.8, 4) is 0 Å². The summed E-state index contributed by atoms with van der Waals surface area (Å²) in [7, 11) is 0. The van der Waals surface area contributed by atoms with E-state index in [9.17, 15) is 72.5 Å². The molecule has 9 atom stereocenters. The van der Waals surface area contributed by atoms with E-state index < -0.39 is 170 Å². The molecule has 1 aliphatic heterocycles. The topological polar surface area (TPSA) is 511 Å². The molecule has 430 valence electrons. The van der Waals surface area contributed by atoms with E-state index in [1.165, 1.54) is 41.7 Å². The molecule has 2 aromatic heterocycles. The van der Waals surface area contributed by atoms with Crippen LogP contribution in [0.15, 0.2) is 25.0 Å². The molecular weight excluding hydrogens is 1050 g/mol. The van der Waals surface area contributed by atoms with Gasteiger partial charge in [-0.1, -0.05) is 13.8 Å². The summed E-state index contributed by atoms with van der Waals surface area (Å²) in [6, 6.07) is -13.6. The van der Waals surface area contributed by atoms with Crippen LogP contribution in [-0.4, -0.2) is 185 Å². The third-order valence-corrected chi connectivity index (χ3v) is 12.6. The highest BCUT2D eigenvalue weighted by molar-refractivity contribution is 7.98. The van der Waals surface area contributed by atoms with Gasteiger partial charge in [-0.3, -0.25) is 57.5 Å². The maximum Gasteiger partial charge on any atom is 0.326 e. The lowest BCUT2D eigenvalue weighted by Crippen LogP contribution is -2.61. The summed E-state index contributed by atoms with van der Waals surface area (Å²) in [5.74, 6) is -13.4. The van der Waals surface area contributed by atoms with E-state index in [4.69, 9.17) is 22.9 Å². The Kier molecular flexibility index (Phi) is 26.1. The Morgan fingerprint density at radius 2 is 1.10 bits per heavy atom. The van der Waals surface area contributed by atoms with Gasteiger partial charge >= 0.3 is 11.9 Å². The number of primary amides is 3. The minimum absolute atomic E-state index is 0.0143. The second-order valence-electron chi connectivity index (χ2n) is 18.8. The van der Waals surface area contributed by atoms with Crippen molar-refractivity contribution in [3.05, 3.63) is 36.4 Å². The van der Waals surface area contributed by atoms with Crippen LogP contribution < -0.4 is 60.2 Å². The van der Waals surface area contributed by atoms with Crippen molar-refractivity contribution in [1.82, 2.24) is 62.1 Å². The second-order valence-corrected chi connectivity index (χ2v) is 19.8. The number of nitrogens with one attached hydrogen (secondary N) is 9. The first-order valence-electron chi connectivity index (χ1n) is 24.7. The number of nitrogens with zero attached hydrogens (tertiary/aromatic N) is 3. The van der Waals surface area contributed by atoms with Gasteiger partial charge in [0.1, 0.15) is 48.3 Å². The average Bonchev–Trinajstić information content (AvgIpc) is 4.18. The summed E-state index contributed by atoms with van der Waals surface area (Å²) in [5, 5.41) is 36.4. The minimum Gasteiger partial charge on any atom is -0.481 e. The fourth-order valence-corrected chi connectivity index (χ4v) is 8.53. The molecule has 1 aliphatic rings. The van der Waals surface area contributed by atoms with Gasteiger partial charge in [0.15, 0.2) is 0 Å². The molecule has 19 N–H and O–H groups in total. The number of amides is 11. The Hall–Kier alpha value is -8.16. The molecule has 3 heterocycles. The molecule has 3 rings (SSSR count). The zero-order chi connectivity index (χ0) is 58.2. The van der Waals surface area contributed by atoms with Gasteiger partial charge in [-0.25, -0.2) is 14.8 Å². The molecule has 0 aliphatic carbocycles. The first kappa shape index (κ1) is 64.1. The van der Waals surface area contributed by atoms with Gasteiger partial charge in [-0.15, -0.1) is 0 Å². The smallest absolute Gasteiger partial charge is 0.326 e. The number of likely N-dealkylation sites (tertiary alicyclic amines) is 1. The summed E-state index contributed by atoms with van der Waals surface area (Å²) >= 11 is 1.26. The van der Waals surface area contributed by atoms with Crippen LogP contribution in [0.5, 0.6) is 0 Å². The molecule has 2 aromatic rings. The quantitative estimate of drug-likeness (QED) is 0.0306. The number of nitrogens with two attached hydrogens (primary N) is 4. The number of carboxylic acids is 2. The Morgan fingerprint density at radius 3 is 1.60 bits per heavy atom. The number of aromatic nitrogens is 4. The lowest BCUT2D eigenvalue weighted by Gasteiger charge is -2.30. The van der Waals surface area contributed by atoms with E-state index in [0.717, 1.165) is 0 Å². The molecule has 0 saturated carbocycles. The molecule has 1 fully saturated rings. The zero-order valence-corrected chi connectivity index (χ0v) is 44.1. The predicted molar refractivity (Wildman–Crippen MR) is 274 cm³/mol. The summed E-state index contributed by atoms with van der Waals surface area (Å²) in [6.07, 6.45) is 3.32. The second kappa shape index (κ2) is 31.8. The van der Waals surface area contributed by atoms with Gasteiger partial charge in [0.2, 0.25) is 65.0 Å². The summed E-state index contributed by atoms with van der Waals surface area (Å²) < 4.78 is 0. The monoisotopic (exact) mass is 1120 g/mol. The molecule has 31 nitrogen and oxygen atoms in total. The van der Waals surface area contributed by atoms with Gasteiger partial charge < -0.3 is 85.2 Å². The first-order valence-corrected chi connectivity index (χ1v) is 26.1. The molecule has 0 spiro atoms. The standard InChI is InChI=1S/C46H70N16O15S/c1-22(2)13-32(46(76)77)61-43(73)30(17-36(50)65)59-39(69)26(6-8-34(48)63)55-41(71)28(10-12-78-3)56-42(72)29(14-23-18-51-20-53-23)58-40(70)27(7-9-37(66)67)57-44(74)33-5-4-11-62(33)45(75)31(15-24-19-52-21-54-24)60-38(68)25(47)16-35(49)64/h18-22,25-33H,4-17,47H2,1-3H3,(H2,48,63)(H2,49,64)(H2,50,65)(H,51,53)(H,52,54)(H,55,71)(H,56,72)(H,57,74)(H,58,70)(H,59,69)(H,60,68)(H,61,73)(H,66,67)(H,76,77)/t25-,26-,27-,28-,29-,30-,31-,32-,33-/m0/s1. The van der Waals surface area contributed by atoms with Crippen LogP contribution >= 0.6 is 11.8 Å². The molecule has 0 bridgehead atoms. The van der Waals surface area contributed by atoms with Crippen molar-refractivity contribution in [2.75, 3.05) is 18.6 Å². The fraction of sp³-hybridized carbons (Fsp3) is 0.587. The Balaban J connectivity index is 1.90. The number of aromatic amines is 2. The van der Waals surface area contributed by atoms with Crippen LogP contribution in [0.3, 0.4) is 0 Å². The predicted octanol–water partition coefficient (Wildman–Crippen LogP) is -5.61. The highest BCUT2D eigenvalue weighted by Crippen LogP contribution is 2.21. The van der Waals surface area contributed by atoms with Crippen LogP contribution in [0.1, 0.15) is 89.4 Å². The number of rotatable bonds is 35. The van der Waals surface area contributed by atoms with Crippen LogP contribution in [0.25, 0.3) is 0 Å². The first-order chi connectivity index (χ1) is 36.8. The van der Waals surface area contributed by atoms with Crippen molar-refractivity contribution in [3.63, 3.8) is 0 Å². The fourth-order valence-electron chi connectivity index (χ4n) is 8.06. The van der Waals surface area contributed by atoms with E-state index in [0.29, 0.717) is 5.69 Å². The summed E-state index contributed by atoms with van der Waals surface area (Å²) in [6.45, 7) is 3.42. The third-order valence-electron chi connectivity index (χ3n) is 12.0. The molecule has 32 heteroatoms. The van der Waals surface area contributed by atoms with Crippen molar-refractivity contribution >= 4 is 88.7 Å². The highest BCUT2D eigenvalue weighted by Gasteiger charge is 2.41. The Bertz CT molecular complexity index is 2440. The molecule has 78 heavy (non-hydrogen) atoms. The van der Waals surface area contributed by atoms with E-state index in [2.05, 4.69) is 57.2 Å². The zero-order valence-electron chi connectivity index (χ0n) is 43.2. The van der Waals surface area contributed by atoms with Crippen molar-refractivity contribution in [2.24, 2.45) is 28.9 Å². The van der Waals surface area contributed by atoms with Gasteiger partial charge in [0.05, 0.1) is 31.5 Å². The summed E-state index contributed by atoms with van der Waals surface area (Å²) in [5.41, 5.74) is 22.5. The number of carbonyl (C=O) groups excluding carboxylic acids is 11. The largest absolute Gasteiger partial charge is 0.481 e. The third kappa shape index (κ3) is 21.8. The van der Waals surface area contributed by atoms with Crippen LogP contribution in [0, 0.1) is 5.92 Å². The van der Waals surface area contributed by atoms with Gasteiger partial charge in [0, 0.05) is 56.0 Å². The molecule has 0 unspecified atom stereocenters. The molecule has 0 aromatic carbocycles. The van der Waals surface area contributed by atoms with Crippen LogP contribution in [0.4, 0.5) is 0 Å². The summed E-state index contributed by atoms with van der Waals surface area (Å²) in [4.78, 5) is 185. The lowest BCUT2D eigenvalue weighted by molar-refractivity contribution is -0.143. The molecular formula is C46H70N16O15S. The maximum absolute atomic E-state index is 14.3. The number of thioether (sulfide) groups is 1. The highest BCUT2D eigenvalue weighted by atomic mass is 32.2.